The first-order valence-corrected chi connectivity index (χ1v) is 14.1. The number of imidazole rings is 1. The van der Waals surface area contributed by atoms with Gasteiger partial charge in [0, 0.05) is 19.2 Å². The Morgan fingerprint density at radius 3 is 2.59 bits per heavy atom. The molecular formula is C32H28F4N4O4. The van der Waals surface area contributed by atoms with Crippen LogP contribution in [0.1, 0.15) is 63.4 Å². The minimum absolute atomic E-state index is 0.0580. The van der Waals surface area contributed by atoms with Crippen molar-refractivity contribution in [3.8, 4) is 11.8 Å². The minimum atomic E-state index is -4.62. The molecule has 0 unspecified atom stereocenters. The molecule has 0 bridgehead atoms. The molecular weight excluding hydrogens is 580 g/mol. The van der Waals surface area contributed by atoms with Crippen LogP contribution in [0, 0.1) is 17.1 Å². The van der Waals surface area contributed by atoms with Crippen LogP contribution in [-0.2, 0) is 37.0 Å². The van der Waals surface area contributed by atoms with E-state index < -0.39 is 23.5 Å². The number of hydrogen-bond acceptors (Lipinski definition) is 6. The molecule has 2 atom stereocenters. The summed E-state index contributed by atoms with van der Waals surface area (Å²) in [7, 11) is 0. The van der Waals surface area contributed by atoms with Crippen LogP contribution >= 0.6 is 0 Å². The second-order valence-corrected chi connectivity index (χ2v) is 11.1. The number of halogens is 4. The van der Waals surface area contributed by atoms with E-state index in [4.69, 9.17) is 14.7 Å². The molecule has 0 saturated carbocycles. The number of aromatic carboxylic acids is 1. The lowest BCUT2D eigenvalue weighted by atomic mass is 9.91. The van der Waals surface area contributed by atoms with Crippen molar-refractivity contribution in [2.75, 3.05) is 13.2 Å². The molecule has 1 fully saturated rings. The first-order chi connectivity index (χ1) is 21.0. The lowest BCUT2D eigenvalue weighted by Gasteiger charge is -2.36. The van der Waals surface area contributed by atoms with E-state index in [-0.39, 0.29) is 42.1 Å². The molecule has 228 valence electrons. The van der Waals surface area contributed by atoms with Crippen molar-refractivity contribution in [2.45, 2.75) is 57.8 Å². The van der Waals surface area contributed by atoms with Crippen molar-refractivity contribution in [1.82, 2.24) is 14.5 Å². The highest BCUT2D eigenvalue weighted by Gasteiger charge is 2.37. The number of ether oxygens (including phenoxy) is 2. The number of benzene rings is 3. The highest BCUT2D eigenvalue weighted by Crippen LogP contribution is 2.42. The Morgan fingerprint density at radius 2 is 1.95 bits per heavy atom. The predicted octanol–water partition coefficient (Wildman–Crippen LogP) is 6.25. The van der Waals surface area contributed by atoms with Crippen LogP contribution in [0.15, 0.2) is 48.5 Å². The Balaban J connectivity index is 1.31. The van der Waals surface area contributed by atoms with Gasteiger partial charge < -0.3 is 19.1 Å². The van der Waals surface area contributed by atoms with Gasteiger partial charge in [-0.05, 0) is 72.9 Å². The van der Waals surface area contributed by atoms with Crippen molar-refractivity contribution < 1.29 is 36.9 Å². The van der Waals surface area contributed by atoms with Crippen molar-refractivity contribution >= 4 is 17.0 Å². The van der Waals surface area contributed by atoms with Crippen molar-refractivity contribution in [1.29, 1.82) is 5.26 Å². The van der Waals surface area contributed by atoms with E-state index in [2.05, 4.69) is 9.88 Å². The molecule has 0 amide bonds. The lowest BCUT2D eigenvalue weighted by Crippen LogP contribution is -2.36. The van der Waals surface area contributed by atoms with Gasteiger partial charge >= 0.3 is 12.1 Å². The molecule has 4 aromatic rings. The normalized spacial score (nSPS) is 18.5. The topological polar surface area (TPSA) is 101 Å². The molecule has 2 aliphatic heterocycles. The fourth-order valence-electron chi connectivity index (χ4n) is 5.78. The van der Waals surface area contributed by atoms with E-state index >= 15 is 0 Å². The summed E-state index contributed by atoms with van der Waals surface area (Å²) in [5.41, 5.74) is 1.69. The van der Waals surface area contributed by atoms with E-state index in [9.17, 15) is 27.5 Å². The van der Waals surface area contributed by atoms with Crippen LogP contribution in [0.4, 0.5) is 17.6 Å². The molecule has 1 saturated heterocycles. The second-order valence-electron chi connectivity index (χ2n) is 11.1. The molecule has 6 rings (SSSR count). The molecule has 0 aliphatic carbocycles. The molecule has 1 aromatic heterocycles. The van der Waals surface area contributed by atoms with Crippen LogP contribution in [0.25, 0.3) is 11.0 Å². The molecule has 1 N–H and O–H groups in total. The summed E-state index contributed by atoms with van der Waals surface area (Å²) >= 11 is 0. The van der Waals surface area contributed by atoms with Gasteiger partial charge in [-0.15, -0.1) is 0 Å². The summed E-state index contributed by atoms with van der Waals surface area (Å²) in [6, 6.07) is 13.1. The number of alkyl halides is 3. The highest BCUT2D eigenvalue weighted by atomic mass is 19.4. The molecule has 2 aliphatic rings. The first kappa shape index (κ1) is 29.6. The molecule has 0 spiro atoms. The zero-order valence-electron chi connectivity index (χ0n) is 23.7. The van der Waals surface area contributed by atoms with Gasteiger partial charge in [-0.3, -0.25) is 4.90 Å². The Kier molecular flexibility index (Phi) is 7.77. The van der Waals surface area contributed by atoms with Gasteiger partial charge in [-0.2, -0.15) is 18.4 Å². The number of nitrogens with zero attached hydrogens (tertiary/aromatic N) is 4. The lowest BCUT2D eigenvalue weighted by molar-refractivity contribution is -0.139. The van der Waals surface area contributed by atoms with Crippen LogP contribution in [0.5, 0.6) is 5.75 Å². The molecule has 3 aromatic carbocycles. The monoisotopic (exact) mass is 608 g/mol. The predicted molar refractivity (Wildman–Crippen MR) is 150 cm³/mol. The number of aromatic nitrogens is 2. The summed E-state index contributed by atoms with van der Waals surface area (Å²) in [5, 5.41) is 18.5. The Labute approximate surface area is 250 Å². The van der Waals surface area contributed by atoms with Gasteiger partial charge in [0.2, 0.25) is 0 Å². The van der Waals surface area contributed by atoms with Crippen LogP contribution < -0.4 is 4.74 Å². The van der Waals surface area contributed by atoms with Gasteiger partial charge in [-0.1, -0.05) is 12.1 Å². The van der Waals surface area contributed by atoms with Crippen LogP contribution in [0.2, 0.25) is 0 Å². The van der Waals surface area contributed by atoms with E-state index in [1.165, 1.54) is 12.1 Å². The van der Waals surface area contributed by atoms with Gasteiger partial charge in [0.05, 0.1) is 47.5 Å². The van der Waals surface area contributed by atoms with Crippen LogP contribution in [-0.4, -0.2) is 44.8 Å². The van der Waals surface area contributed by atoms with E-state index in [0.717, 1.165) is 18.6 Å². The molecule has 8 nitrogen and oxygen atoms in total. The van der Waals surface area contributed by atoms with Crippen molar-refractivity contribution in [3.63, 3.8) is 0 Å². The smallest absolute Gasteiger partial charge is 0.419 e. The molecule has 3 heterocycles. The Morgan fingerprint density at radius 1 is 1.20 bits per heavy atom. The number of nitriles is 1. The quantitative estimate of drug-likeness (QED) is 0.236. The number of rotatable bonds is 8. The maximum Gasteiger partial charge on any atom is 0.419 e. The molecule has 44 heavy (non-hydrogen) atoms. The summed E-state index contributed by atoms with van der Waals surface area (Å²) in [6.45, 7) is 3.45. The Hall–Kier alpha value is -4.47. The number of fused-ring (bicyclic) bond motifs is 2. The first-order valence-electron chi connectivity index (χ1n) is 14.1. The van der Waals surface area contributed by atoms with Crippen molar-refractivity contribution in [2.24, 2.45) is 0 Å². The van der Waals surface area contributed by atoms with Gasteiger partial charge in [-0.25, -0.2) is 14.2 Å². The number of carboxylic acids is 1. The third-order valence-electron chi connectivity index (χ3n) is 8.35. The average Bonchev–Trinajstić information content (AvgIpc) is 3.32. The van der Waals surface area contributed by atoms with Crippen molar-refractivity contribution in [3.05, 3.63) is 93.6 Å². The molecule has 0 radical (unpaired) electrons. The van der Waals surface area contributed by atoms with E-state index in [1.54, 1.807) is 28.8 Å². The van der Waals surface area contributed by atoms with E-state index in [1.807, 2.05) is 13.0 Å². The Bertz CT molecular complexity index is 1770. The maximum absolute atomic E-state index is 15.0. The zero-order valence-corrected chi connectivity index (χ0v) is 23.7. The SMILES string of the molecule is C[C@H]1c2cc(OCc3ccc(C#N)cc3)c(C(F)(F)F)cc2CCN1Cc1nc2c(F)cc(C(=O)O)cc2n1C[C@@H]1CCO1. The second kappa shape index (κ2) is 11.6. The van der Waals surface area contributed by atoms with E-state index in [0.29, 0.717) is 59.7 Å². The molecule has 12 heteroatoms. The van der Waals surface area contributed by atoms with Gasteiger partial charge in [0.15, 0.2) is 5.82 Å². The fraction of sp³-hybridized carbons (Fsp3) is 0.344. The van der Waals surface area contributed by atoms with Gasteiger partial charge in [0.1, 0.15) is 23.7 Å². The number of hydrogen-bond donors (Lipinski definition) is 1. The summed E-state index contributed by atoms with van der Waals surface area (Å²) in [6.07, 6.45) is -3.58. The zero-order chi connectivity index (χ0) is 31.2. The minimum Gasteiger partial charge on any atom is -0.488 e. The number of carbonyl (C=O) groups is 1. The average molecular weight is 609 g/mol. The third kappa shape index (κ3) is 5.73. The summed E-state index contributed by atoms with van der Waals surface area (Å²) in [5.74, 6) is -1.77. The fourth-order valence-corrected chi connectivity index (χ4v) is 5.78. The third-order valence-corrected chi connectivity index (χ3v) is 8.35. The summed E-state index contributed by atoms with van der Waals surface area (Å²) < 4.78 is 70.3. The van der Waals surface area contributed by atoms with Gasteiger partial charge in [0.25, 0.3) is 0 Å². The van der Waals surface area contributed by atoms with Crippen LogP contribution in [0.3, 0.4) is 0 Å². The summed E-state index contributed by atoms with van der Waals surface area (Å²) in [4.78, 5) is 18.2. The standard InChI is InChI=1S/C32H28F4N4O4/c1-18-24-13-28(44-17-20-4-2-19(14-37)3-5-20)25(32(34,35)36)10-21(24)6-8-39(18)16-29-38-30-26(33)11-22(31(41)42)12-27(30)40(29)15-23-7-9-43-23/h2-5,10-13,18,23H,6-9,15-17H2,1H3,(H,41,42)/t18-,23-/m0/s1. The number of carboxylic acid groups (broad SMARTS) is 1. The maximum atomic E-state index is 15.0. The largest absolute Gasteiger partial charge is 0.488 e. The highest BCUT2D eigenvalue weighted by molar-refractivity contribution is 5.92.